The van der Waals surface area contributed by atoms with E-state index in [1.54, 1.807) is 0 Å². The molecule has 0 atom stereocenters. The van der Waals surface area contributed by atoms with E-state index < -0.39 is 10.9 Å². The van der Waals surface area contributed by atoms with E-state index in [1.807, 2.05) is 0 Å². The fourth-order valence-electron chi connectivity index (χ4n) is 2.17. The van der Waals surface area contributed by atoms with E-state index in [0.717, 1.165) is 12.8 Å². The molecule has 7 heteroatoms. The first-order valence-electron chi connectivity index (χ1n) is 6.33. The second-order valence-electron chi connectivity index (χ2n) is 4.48. The van der Waals surface area contributed by atoms with Gasteiger partial charge in [-0.1, -0.05) is 6.07 Å². The van der Waals surface area contributed by atoms with Crippen LogP contribution in [0.15, 0.2) is 18.2 Å². The van der Waals surface area contributed by atoms with Crippen molar-refractivity contribution in [3.63, 3.8) is 0 Å². The Labute approximate surface area is 116 Å². The van der Waals surface area contributed by atoms with Crippen LogP contribution in [0.25, 0.3) is 0 Å². The number of methoxy groups -OCH3 is 1. The predicted octanol–water partition coefficient (Wildman–Crippen LogP) is 1.97. The fourth-order valence-corrected chi connectivity index (χ4v) is 2.17. The molecule has 0 spiro atoms. The van der Waals surface area contributed by atoms with Crippen molar-refractivity contribution in [2.45, 2.75) is 18.9 Å². The summed E-state index contributed by atoms with van der Waals surface area (Å²) in [4.78, 5) is 22.4. The minimum Gasteiger partial charge on any atom is -0.465 e. The van der Waals surface area contributed by atoms with Crippen molar-refractivity contribution in [2.24, 2.45) is 0 Å². The maximum atomic E-state index is 11.7. The smallest absolute Gasteiger partial charge is 0.340 e. The average molecular weight is 280 g/mol. The molecule has 1 aromatic carbocycles. The van der Waals surface area contributed by atoms with E-state index in [0.29, 0.717) is 13.2 Å². The van der Waals surface area contributed by atoms with Crippen LogP contribution in [0.2, 0.25) is 0 Å². The Morgan fingerprint density at radius 3 is 2.75 bits per heavy atom. The topological polar surface area (TPSA) is 90.7 Å². The van der Waals surface area contributed by atoms with Crippen molar-refractivity contribution in [3.8, 4) is 0 Å². The van der Waals surface area contributed by atoms with Crippen LogP contribution in [0.4, 0.5) is 11.4 Å². The fraction of sp³-hybridized carbons (Fsp3) is 0.462. The number of anilines is 1. The highest BCUT2D eigenvalue weighted by atomic mass is 16.6. The van der Waals surface area contributed by atoms with Crippen LogP contribution < -0.4 is 5.32 Å². The van der Waals surface area contributed by atoms with Gasteiger partial charge in [0.05, 0.1) is 17.6 Å². The summed E-state index contributed by atoms with van der Waals surface area (Å²) < 4.78 is 9.92. The van der Waals surface area contributed by atoms with Gasteiger partial charge in [0.25, 0.3) is 5.69 Å². The summed E-state index contributed by atoms with van der Waals surface area (Å²) in [6.07, 6.45) is 1.49. The zero-order valence-corrected chi connectivity index (χ0v) is 11.1. The molecule has 0 unspecified atom stereocenters. The summed E-state index contributed by atoms with van der Waals surface area (Å²) in [5.41, 5.74) is 0.267. The number of hydrogen-bond donors (Lipinski definition) is 1. The zero-order chi connectivity index (χ0) is 14.5. The molecule has 0 saturated carbocycles. The van der Waals surface area contributed by atoms with Crippen LogP contribution in [0.5, 0.6) is 0 Å². The van der Waals surface area contributed by atoms with Crippen molar-refractivity contribution in [2.75, 3.05) is 25.6 Å². The molecule has 1 aromatic rings. The lowest BCUT2D eigenvalue weighted by Crippen LogP contribution is -2.29. The number of nitrogens with one attached hydrogen (secondary N) is 1. The van der Waals surface area contributed by atoms with Crippen molar-refractivity contribution < 1.29 is 19.2 Å². The summed E-state index contributed by atoms with van der Waals surface area (Å²) >= 11 is 0. The largest absolute Gasteiger partial charge is 0.465 e. The number of nitrogens with zero attached hydrogens (tertiary/aromatic N) is 1. The van der Waals surface area contributed by atoms with Crippen molar-refractivity contribution >= 4 is 17.3 Å². The summed E-state index contributed by atoms with van der Waals surface area (Å²) in [6, 6.07) is 4.40. The van der Waals surface area contributed by atoms with E-state index in [2.05, 4.69) is 10.1 Å². The Morgan fingerprint density at radius 2 is 2.15 bits per heavy atom. The monoisotopic (exact) mass is 280 g/mol. The van der Waals surface area contributed by atoms with Gasteiger partial charge in [0.2, 0.25) is 0 Å². The number of hydrogen-bond acceptors (Lipinski definition) is 6. The molecule has 0 amide bonds. The van der Waals surface area contributed by atoms with Gasteiger partial charge in [-0.2, -0.15) is 0 Å². The van der Waals surface area contributed by atoms with E-state index in [1.165, 1.54) is 25.3 Å². The Morgan fingerprint density at radius 1 is 1.45 bits per heavy atom. The number of nitro groups is 1. The number of rotatable bonds is 4. The van der Waals surface area contributed by atoms with Crippen LogP contribution in [-0.4, -0.2) is 37.3 Å². The molecule has 1 saturated heterocycles. The lowest BCUT2D eigenvalue weighted by molar-refractivity contribution is -0.384. The highest BCUT2D eigenvalue weighted by Crippen LogP contribution is 2.30. The highest BCUT2D eigenvalue weighted by Gasteiger charge is 2.25. The quantitative estimate of drug-likeness (QED) is 0.515. The van der Waals surface area contributed by atoms with Crippen LogP contribution in [0.1, 0.15) is 23.2 Å². The molecule has 0 aliphatic carbocycles. The first kappa shape index (κ1) is 14.3. The first-order chi connectivity index (χ1) is 9.63. The third-order valence-corrected chi connectivity index (χ3v) is 3.21. The third-order valence-electron chi connectivity index (χ3n) is 3.21. The van der Waals surface area contributed by atoms with Crippen molar-refractivity contribution in [1.82, 2.24) is 0 Å². The lowest BCUT2D eigenvalue weighted by atomic mass is 10.1. The van der Waals surface area contributed by atoms with Gasteiger partial charge in [-0.25, -0.2) is 4.79 Å². The summed E-state index contributed by atoms with van der Waals surface area (Å²) in [6.45, 7) is 1.21. The van der Waals surface area contributed by atoms with Gasteiger partial charge in [-0.15, -0.1) is 0 Å². The van der Waals surface area contributed by atoms with Crippen LogP contribution in [0, 0.1) is 10.1 Å². The maximum Gasteiger partial charge on any atom is 0.340 e. The molecule has 2 rings (SSSR count). The number of esters is 1. The Balaban J connectivity index is 2.35. The van der Waals surface area contributed by atoms with E-state index in [9.17, 15) is 14.9 Å². The Hall–Kier alpha value is -2.15. The number of para-hydroxylation sites is 1. The minimum atomic E-state index is -0.594. The molecule has 1 N–H and O–H groups in total. The second-order valence-corrected chi connectivity index (χ2v) is 4.48. The Kier molecular flexibility index (Phi) is 4.52. The minimum absolute atomic E-state index is 0.0493. The molecule has 108 valence electrons. The van der Waals surface area contributed by atoms with Gasteiger partial charge in [0.1, 0.15) is 5.69 Å². The molecule has 0 bridgehead atoms. The first-order valence-corrected chi connectivity index (χ1v) is 6.33. The zero-order valence-electron chi connectivity index (χ0n) is 11.1. The number of carbonyl (C=O) groups is 1. The Bertz CT molecular complexity index is 511. The molecule has 1 heterocycles. The van der Waals surface area contributed by atoms with Crippen molar-refractivity contribution in [3.05, 3.63) is 33.9 Å². The summed E-state index contributed by atoms with van der Waals surface area (Å²) in [7, 11) is 1.25. The van der Waals surface area contributed by atoms with Crippen LogP contribution >= 0.6 is 0 Å². The van der Waals surface area contributed by atoms with Gasteiger partial charge in [0, 0.05) is 25.3 Å². The molecular formula is C13H16N2O5. The van der Waals surface area contributed by atoms with Crippen LogP contribution in [0.3, 0.4) is 0 Å². The highest BCUT2D eigenvalue weighted by molar-refractivity contribution is 5.98. The third kappa shape index (κ3) is 3.05. The van der Waals surface area contributed by atoms with E-state index in [4.69, 9.17) is 4.74 Å². The average Bonchev–Trinajstić information content (AvgIpc) is 2.47. The van der Waals surface area contributed by atoms with Gasteiger partial charge < -0.3 is 14.8 Å². The molecule has 0 radical (unpaired) electrons. The number of benzene rings is 1. The molecule has 0 aromatic heterocycles. The van der Waals surface area contributed by atoms with Gasteiger partial charge in [-0.3, -0.25) is 10.1 Å². The van der Waals surface area contributed by atoms with E-state index >= 15 is 0 Å². The van der Waals surface area contributed by atoms with E-state index in [-0.39, 0.29) is 23.0 Å². The SMILES string of the molecule is COC(=O)c1cccc([N+](=O)[O-])c1NC1CCOCC1. The number of nitro benzene ring substituents is 1. The molecule has 1 aliphatic rings. The van der Waals surface area contributed by atoms with Gasteiger partial charge in [-0.05, 0) is 18.9 Å². The molecule has 20 heavy (non-hydrogen) atoms. The molecule has 7 nitrogen and oxygen atoms in total. The number of ether oxygens (including phenoxy) is 2. The summed E-state index contributed by atoms with van der Waals surface area (Å²) in [5, 5.41) is 14.2. The van der Waals surface area contributed by atoms with Gasteiger partial charge >= 0.3 is 5.97 Å². The summed E-state index contributed by atoms with van der Waals surface area (Å²) in [5.74, 6) is -0.594. The second kappa shape index (κ2) is 6.33. The van der Waals surface area contributed by atoms with Crippen LogP contribution in [-0.2, 0) is 9.47 Å². The lowest BCUT2D eigenvalue weighted by Gasteiger charge is -2.24. The van der Waals surface area contributed by atoms with Crippen molar-refractivity contribution in [1.29, 1.82) is 0 Å². The normalized spacial score (nSPS) is 15.7. The maximum absolute atomic E-state index is 11.7. The molecule has 1 fully saturated rings. The molecule has 1 aliphatic heterocycles. The van der Waals surface area contributed by atoms with Gasteiger partial charge in [0.15, 0.2) is 0 Å². The number of carbonyl (C=O) groups excluding carboxylic acids is 1. The molecular weight excluding hydrogens is 264 g/mol. The predicted molar refractivity (Wildman–Crippen MR) is 71.9 cm³/mol. The standard InChI is InChI=1S/C13H16N2O5/c1-19-13(16)10-3-2-4-11(15(17)18)12(10)14-9-5-7-20-8-6-9/h2-4,9,14H,5-8H2,1H3.